The SMILES string of the molecule is O=C(/C=C\c1c(F)cccc1F)N[C@H](c1ccc(F)cc1)c1cccs1. The zero-order chi connectivity index (χ0) is 18.5. The van der Waals surface area contributed by atoms with E-state index in [1.807, 2.05) is 17.5 Å². The number of hydrogen-bond donors (Lipinski definition) is 1. The van der Waals surface area contributed by atoms with Crippen molar-refractivity contribution in [2.75, 3.05) is 0 Å². The lowest BCUT2D eigenvalue weighted by atomic mass is 10.1. The van der Waals surface area contributed by atoms with Crippen molar-refractivity contribution in [2.24, 2.45) is 0 Å². The van der Waals surface area contributed by atoms with Gasteiger partial charge in [0.1, 0.15) is 17.5 Å². The predicted molar refractivity (Wildman–Crippen MR) is 96.1 cm³/mol. The molecule has 2 aromatic carbocycles. The zero-order valence-corrected chi connectivity index (χ0v) is 14.3. The Balaban J connectivity index is 1.82. The molecule has 3 rings (SSSR count). The van der Waals surface area contributed by atoms with Gasteiger partial charge in [-0.25, -0.2) is 13.2 Å². The second-order valence-corrected chi connectivity index (χ2v) is 6.46. The summed E-state index contributed by atoms with van der Waals surface area (Å²) in [7, 11) is 0. The lowest BCUT2D eigenvalue weighted by Gasteiger charge is -2.17. The number of hydrogen-bond acceptors (Lipinski definition) is 2. The summed E-state index contributed by atoms with van der Waals surface area (Å²) < 4.78 is 40.4. The average Bonchev–Trinajstić information content (AvgIpc) is 3.14. The molecule has 0 bridgehead atoms. The third-order valence-corrected chi connectivity index (χ3v) is 4.66. The van der Waals surface area contributed by atoms with Crippen LogP contribution in [0.2, 0.25) is 0 Å². The summed E-state index contributed by atoms with van der Waals surface area (Å²) >= 11 is 1.44. The molecular formula is C20H14F3NOS. The molecule has 1 amide bonds. The molecule has 3 aromatic rings. The molecule has 1 heterocycles. The molecule has 26 heavy (non-hydrogen) atoms. The molecular weight excluding hydrogens is 359 g/mol. The van der Waals surface area contributed by atoms with Crippen LogP contribution in [0.1, 0.15) is 22.0 Å². The summed E-state index contributed by atoms with van der Waals surface area (Å²) in [6.07, 6.45) is 2.17. The highest BCUT2D eigenvalue weighted by Gasteiger charge is 2.17. The largest absolute Gasteiger partial charge is 0.341 e. The Bertz CT molecular complexity index is 900. The van der Waals surface area contributed by atoms with Crippen molar-refractivity contribution in [1.29, 1.82) is 0 Å². The molecule has 0 saturated heterocycles. The molecule has 0 radical (unpaired) electrons. The van der Waals surface area contributed by atoms with Crippen LogP contribution in [0.15, 0.2) is 66.1 Å². The summed E-state index contributed by atoms with van der Waals surface area (Å²) in [4.78, 5) is 13.1. The Morgan fingerprint density at radius 2 is 1.65 bits per heavy atom. The minimum absolute atomic E-state index is 0.280. The maximum Gasteiger partial charge on any atom is 0.244 e. The lowest BCUT2D eigenvalue weighted by Crippen LogP contribution is -2.27. The molecule has 0 aliphatic carbocycles. The maximum atomic E-state index is 13.6. The second-order valence-electron chi connectivity index (χ2n) is 5.48. The van der Waals surface area contributed by atoms with Crippen LogP contribution in [-0.2, 0) is 4.79 Å². The fourth-order valence-electron chi connectivity index (χ4n) is 2.45. The van der Waals surface area contributed by atoms with Gasteiger partial charge in [0, 0.05) is 16.5 Å². The molecule has 0 spiro atoms. The zero-order valence-electron chi connectivity index (χ0n) is 13.5. The first-order chi connectivity index (χ1) is 12.5. The highest BCUT2D eigenvalue weighted by atomic mass is 32.1. The van der Waals surface area contributed by atoms with E-state index >= 15 is 0 Å². The minimum atomic E-state index is -0.748. The number of rotatable bonds is 5. The van der Waals surface area contributed by atoms with Crippen molar-refractivity contribution in [2.45, 2.75) is 6.04 Å². The van der Waals surface area contributed by atoms with Crippen LogP contribution < -0.4 is 5.32 Å². The number of carbonyl (C=O) groups is 1. The number of amides is 1. The first-order valence-corrected chi connectivity index (χ1v) is 8.64. The van der Waals surface area contributed by atoms with E-state index in [2.05, 4.69) is 5.32 Å². The fourth-order valence-corrected chi connectivity index (χ4v) is 3.25. The quantitative estimate of drug-likeness (QED) is 0.621. The molecule has 0 aliphatic heterocycles. The van der Waals surface area contributed by atoms with Crippen LogP contribution >= 0.6 is 11.3 Å². The van der Waals surface area contributed by atoms with E-state index in [9.17, 15) is 18.0 Å². The summed E-state index contributed by atoms with van der Waals surface area (Å²) in [5.74, 6) is -2.39. The normalized spacial score (nSPS) is 12.3. The van der Waals surface area contributed by atoms with Gasteiger partial charge in [-0.15, -0.1) is 11.3 Å². The predicted octanol–water partition coefficient (Wildman–Crippen LogP) is 5.08. The molecule has 0 aliphatic rings. The smallest absolute Gasteiger partial charge is 0.244 e. The van der Waals surface area contributed by atoms with Gasteiger partial charge in [-0.2, -0.15) is 0 Å². The lowest BCUT2D eigenvalue weighted by molar-refractivity contribution is -0.116. The number of nitrogens with one attached hydrogen (secondary N) is 1. The number of benzene rings is 2. The van der Waals surface area contributed by atoms with E-state index in [4.69, 9.17) is 0 Å². The topological polar surface area (TPSA) is 29.1 Å². The molecule has 1 N–H and O–H groups in total. The first-order valence-electron chi connectivity index (χ1n) is 7.76. The highest BCUT2D eigenvalue weighted by Crippen LogP contribution is 2.26. The molecule has 1 atom stereocenters. The van der Waals surface area contributed by atoms with Gasteiger partial charge in [0.15, 0.2) is 0 Å². The Morgan fingerprint density at radius 1 is 0.962 bits per heavy atom. The van der Waals surface area contributed by atoms with Gasteiger partial charge in [-0.1, -0.05) is 24.3 Å². The summed E-state index contributed by atoms with van der Waals surface area (Å²) in [6, 6.07) is 12.5. The number of thiophene rings is 1. The Hall–Kier alpha value is -2.86. The van der Waals surface area contributed by atoms with Gasteiger partial charge in [0.05, 0.1) is 6.04 Å². The first kappa shape index (κ1) is 17.9. The van der Waals surface area contributed by atoms with Crippen molar-refractivity contribution in [3.63, 3.8) is 0 Å². The van der Waals surface area contributed by atoms with E-state index < -0.39 is 23.6 Å². The van der Waals surface area contributed by atoms with Gasteiger partial charge in [-0.3, -0.25) is 4.79 Å². The molecule has 132 valence electrons. The van der Waals surface area contributed by atoms with Crippen molar-refractivity contribution in [3.05, 3.63) is 99.5 Å². The van der Waals surface area contributed by atoms with E-state index in [1.54, 1.807) is 12.1 Å². The number of carbonyl (C=O) groups excluding carboxylic acids is 1. The molecule has 2 nitrogen and oxygen atoms in total. The van der Waals surface area contributed by atoms with Crippen LogP contribution in [0.4, 0.5) is 13.2 Å². The minimum Gasteiger partial charge on any atom is -0.341 e. The maximum absolute atomic E-state index is 13.6. The Labute approximate surface area is 152 Å². The monoisotopic (exact) mass is 373 g/mol. The second kappa shape index (κ2) is 8.01. The standard InChI is InChI=1S/C20H14F3NOS/c21-14-8-6-13(7-9-14)20(18-5-2-12-26-18)24-19(25)11-10-15-16(22)3-1-4-17(15)23/h1-12,20H,(H,24,25)/b11-10-/t20-/m1/s1. The van der Waals surface area contributed by atoms with Crippen LogP contribution in [0.5, 0.6) is 0 Å². The van der Waals surface area contributed by atoms with E-state index in [0.29, 0.717) is 5.56 Å². The van der Waals surface area contributed by atoms with Crippen molar-refractivity contribution >= 4 is 23.3 Å². The summed E-state index contributed by atoms with van der Waals surface area (Å²) in [6.45, 7) is 0. The van der Waals surface area contributed by atoms with Crippen molar-refractivity contribution < 1.29 is 18.0 Å². The molecule has 6 heteroatoms. The Kier molecular flexibility index (Phi) is 5.53. The fraction of sp³-hybridized carbons (Fsp3) is 0.0500. The average molecular weight is 373 g/mol. The highest BCUT2D eigenvalue weighted by molar-refractivity contribution is 7.10. The van der Waals surface area contributed by atoms with Gasteiger partial charge in [0.2, 0.25) is 5.91 Å². The van der Waals surface area contributed by atoms with Crippen LogP contribution in [-0.4, -0.2) is 5.91 Å². The third-order valence-electron chi connectivity index (χ3n) is 3.72. The van der Waals surface area contributed by atoms with Crippen LogP contribution in [0, 0.1) is 17.5 Å². The van der Waals surface area contributed by atoms with Crippen LogP contribution in [0.25, 0.3) is 6.08 Å². The van der Waals surface area contributed by atoms with E-state index in [1.165, 1.54) is 29.5 Å². The molecule has 0 fully saturated rings. The van der Waals surface area contributed by atoms with Gasteiger partial charge in [-0.05, 0) is 47.4 Å². The number of halogens is 3. The molecule has 1 aromatic heterocycles. The van der Waals surface area contributed by atoms with Crippen LogP contribution in [0.3, 0.4) is 0 Å². The summed E-state index contributed by atoms with van der Waals surface area (Å²) in [5, 5.41) is 4.65. The summed E-state index contributed by atoms with van der Waals surface area (Å²) in [5.41, 5.74) is 0.421. The van der Waals surface area contributed by atoms with E-state index in [0.717, 1.165) is 29.2 Å². The van der Waals surface area contributed by atoms with Gasteiger partial charge in [0.25, 0.3) is 0 Å². The van der Waals surface area contributed by atoms with Gasteiger partial charge >= 0.3 is 0 Å². The van der Waals surface area contributed by atoms with Gasteiger partial charge < -0.3 is 5.32 Å². The molecule has 0 saturated carbocycles. The van der Waals surface area contributed by atoms with Crippen molar-refractivity contribution in [1.82, 2.24) is 5.32 Å². The molecule has 0 unspecified atom stereocenters. The third kappa shape index (κ3) is 4.21. The van der Waals surface area contributed by atoms with E-state index in [-0.39, 0.29) is 11.4 Å². The van der Waals surface area contributed by atoms with Crippen molar-refractivity contribution in [3.8, 4) is 0 Å². The Morgan fingerprint density at radius 3 is 2.27 bits per heavy atom.